The van der Waals surface area contributed by atoms with E-state index in [2.05, 4.69) is 10.6 Å². The normalized spacial score (nSPS) is 15.6. The molecule has 0 aliphatic carbocycles. The number of rotatable bonds is 5. The maximum absolute atomic E-state index is 10.2. The van der Waals surface area contributed by atoms with Crippen LogP contribution in [0.1, 0.15) is 11.3 Å². The number of hydrogen-bond donors (Lipinski definition) is 3. The zero-order chi connectivity index (χ0) is 9.73. The first-order valence-corrected chi connectivity index (χ1v) is 5.21. The van der Waals surface area contributed by atoms with Crippen LogP contribution in [0.5, 0.6) is 0 Å². The van der Waals surface area contributed by atoms with Gasteiger partial charge in [0.05, 0.1) is 4.88 Å². The van der Waals surface area contributed by atoms with Crippen LogP contribution in [0.25, 0.3) is 0 Å². The summed E-state index contributed by atoms with van der Waals surface area (Å²) in [5.74, 6) is 0. The number of aliphatic hydroxyl groups is 1. The summed E-state index contributed by atoms with van der Waals surface area (Å²) in [6, 6.07) is 3.89. The molecule has 74 valence electrons. The lowest BCUT2D eigenvalue weighted by atomic mass is 10.1. The highest BCUT2D eigenvalue weighted by molar-refractivity contribution is 7.10. The average molecular weight is 200 g/mol. The van der Waals surface area contributed by atoms with Crippen molar-refractivity contribution in [3.05, 3.63) is 22.4 Å². The summed E-state index contributed by atoms with van der Waals surface area (Å²) in [6.45, 7) is 0.787. The zero-order valence-electron chi connectivity index (χ0n) is 8.00. The Bertz CT molecular complexity index is 238. The van der Waals surface area contributed by atoms with E-state index in [0.29, 0.717) is 6.42 Å². The predicted molar refractivity (Wildman–Crippen MR) is 55.8 cm³/mol. The fourth-order valence-corrected chi connectivity index (χ4v) is 2.05. The van der Waals surface area contributed by atoms with E-state index in [4.69, 9.17) is 0 Å². The highest BCUT2D eigenvalue weighted by Crippen LogP contribution is 2.25. The summed E-state index contributed by atoms with van der Waals surface area (Å²) >= 11 is 1.56. The molecule has 3 nitrogen and oxygen atoms in total. The third-order valence-corrected chi connectivity index (χ3v) is 3.10. The molecule has 0 aliphatic heterocycles. The molecule has 0 spiro atoms. The third-order valence-electron chi connectivity index (χ3n) is 2.08. The Balaban J connectivity index is 2.69. The Kier molecular flexibility index (Phi) is 3.87. The minimum absolute atomic E-state index is 0.667. The Morgan fingerprint density at radius 1 is 1.54 bits per heavy atom. The first-order chi connectivity index (χ1) is 6.23. The Morgan fingerprint density at radius 2 is 2.31 bits per heavy atom. The van der Waals surface area contributed by atoms with Crippen molar-refractivity contribution >= 4 is 11.3 Å². The van der Waals surface area contributed by atoms with Gasteiger partial charge in [0.25, 0.3) is 0 Å². The lowest BCUT2D eigenvalue weighted by Gasteiger charge is -2.26. The fraction of sp³-hybridized carbons (Fsp3) is 0.556. The lowest BCUT2D eigenvalue weighted by molar-refractivity contribution is 0.00382. The molecule has 0 aromatic carbocycles. The van der Waals surface area contributed by atoms with Gasteiger partial charge < -0.3 is 10.4 Å². The van der Waals surface area contributed by atoms with Crippen LogP contribution in [0, 0.1) is 0 Å². The standard InChI is InChI=1S/C9H16N2OS/c1-10-6-5-9(12,11-2)8-4-3-7-13-8/h3-4,7,10-12H,5-6H2,1-2H3. The van der Waals surface area contributed by atoms with Crippen LogP contribution in [0.4, 0.5) is 0 Å². The molecule has 0 radical (unpaired) electrons. The Hall–Kier alpha value is -0.420. The van der Waals surface area contributed by atoms with Crippen molar-refractivity contribution in [3.63, 3.8) is 0 Å². The van der Waals surface area contributed by atoms with Crippen molar-refractivity contribution < 1.29 is 5.11 Å². The van der Waals surface area contributed by atoms with Crippen LogP contribution in [0.15, 0.2) is 17.5 Å². The summed E-state index contributed by atoms with van der Waals surface area (Å²) in [5.41, 5.74) is -0.878. The van der Waals surface area contributed by atoms with Gasteiger partial charge in [-0.15, -0.1) is 11.3 Å². The second-order valence-electron chi connectivity index (χ2n) is 2.94. The maximum atomic E-state index is 10.2. The van der Waals surface area contributed by atoms with Gasteiger partial charge in [-0.2, -0.15) is 0 Å². The minimum Gasteiger partial charge on any atom is -0.371 e. The van der Waals surface area contributed by atoms with Crippen molar-refractivity contribution in [2.45, 2.75) is 12.1 Å². The van der Waals surface area contributed by atoms with E-state index in [-0.39, 0.29) is 0 Å². The van der Waals surface area contributed by atoms with Crippen LogP contribution < -0.4 is 10.6 Å². The average Bonchev–Trinajstić information content (AvgIpc) is 2.67. The van der Waals surface area contributed by atoms with Gasteiger partial charge in [0, 0.05) is 6.42 Å². The Morgan fingerprint density at radius 3 is 2.77 bits per heavy atom. The first kappa shape index (κ1) is 10.7. The van der Waals surface area contributed by atoms with Gasteiger partial charge in [-0.3, -0.25) is 5.32 Å². The summed E-state index contributed by atoms with van der Waals surface area (Å²) in [5, 5.41) is 18.1. The van der Waals surface area contributed by atoms with Gasteiger partial charge in [-0.05, 0) is 32.1 Å². The second kappa shape index (κ2) is 4.72. The van der Waals surface area contributed by atoms with Crippen LogP contribution in [-0.2, 0) is 5.72 Å². The van der Waals surface area contributed by atoms with E-state index in [0.717, 1.165) is 11.4 Å². The van der Waals surface area contributed by atoms with Gasteiger partial charge >= 0.3 is 0 Å². The molecule has 0 aliphatic rings. The number of hydrogen-bond acceptors (Lipinski definition) is 4. The topological polar surface area (TPSA) is 44.3 Å². The maximum Gasteiger partial charge on any atom is 0.152 e. The third kappa shape index (κ3) is 2.51. The molecule has 1 atom stereocenters. The molecule has 0 bridgehead atoms. The smallest absolute Gasteiger partial charge is 0.152 e. The quantitative estimate of drug-likeness (QED) is 0.614. The van der Waals surface area contributed by atoms with Gasteiger partial charge in [0.1, 0.15) is 0 Å². The monoisotopic (exact) mass is 200 g/mol. The zero-order valence-corrected chi connectivity index (χ0v) is 8.82. The molecule has 1 rings (SSSR count). The van der Waals surface area contributed by atoms with Gasteiger partial charge in [0.15, 0.2) is 5.72 Å². The molecular formula is C9H16N2OS. The summed E-state index contributed by atoms with van der Waals surface area (Å²) in [7, 11) is 3.65. The number of thiophene rings is 1. The molecule has 13 heavy (non-hydrogen) atoms. The summed E-state index contributed by atoms with van der Waals surface area (Å²) in [4.78, 5) is 0.963. The van der Waals surface area contributed by atoms with E-state index in [1.807, 2.05) is 24.6 Å². The van der Waals surface area contributed by atoms with Gasteiger partial charge in [-0.1, -0.05) is 6.07 Å². The first-order valence-electron chi connectivity index (χ1n) is 4.33. The molecule has 1 aromatic heterocycles. The van der Waals surface area contributed by atoms with E-state index < -0.39 is 5.72 Å². The van der Waals surface area contributed by atoms with E-state index in [1.165, 1.54) is 0 Å². The minimum atomic E-state index is -0.878. The molecule has 4 heteroatoms. The Labute approximate surface area is 82.8 Å². The molecule has 0 saturated heterocycles. The van der Waals surface area contributed by atoms with Gasteiger partial charge in [-0.25, -0.2) is 0 Å². The predicted octanol–water partition coefficient (Wildman–Crippen LogP) is 0.722. The van der Waals surface area contributed by atoms with Gasteiger partial charge in [0.2, 0.25) is 0 Å². The molecular weight excluding hydrogens is 184 g/mol. The fourth-order valence-electron chi connectivity index (χ4n) is 1.19. The lowest BCUT2D eigenvalue weighted by Crippen LogP contribution is -2.41. The molecule has 1 unspecified atom stereocenters. The van der Waals surface area contributed by atoms with E-state index in [1.54, 1.807) is 18.4 Å². The largest absolute Gasteiger partial charge is 0.371 e. The second-order valence-corrected chi connectivity index (χ2v) is 3.89. The number of nitrogens with one attached hydrogen (secondary N) is 2. The molecule has 0 saturated carbocycles. The van der Waals surface area contributed by atoms with Crippen LogP contribution in [0.3, 0.4) is 0 Å². The van der Waals surface area contributed by atoms with Crippen molar-refractivity contribution in [1.29, 1.82) is 0 Å². The van der Waals surface area contributed by atoms with Crippen molar-refractivity contribution in [3.8, 4) is 0 Å². The van der Waals surface area contributed by atoms with Crippen LogP contribution in [-0.4, -0.2) is 25.7 Å². The van der Waals surface area contributed by atoms with Crippen molar-refractivity contribution in [2.24, 2.45) is 0 Å². The van der Waals surface area contributed by atoms with Crippen molar-refractivity contribution in [2.75, 3.05) is 20.6 Å². The molecule has 0 fully saturated rings. The van der Waals surface area contributed by atoms with Crippen LogP contribution in [0.2, 0.25) is 0 Å². The summed E-state index contributed by atoms with van der Waals surface area (Å²) in [6.07, 6.45) is 0.667. The molecule has 1 aromatic rings. The van der Waals surface area contributed by atoms with E-state index >= 15 is 0 Å². The summed E-state index contributed by atoms with van der Waals surface area (Å²) < 4.78 is 0. The molecule has 0 amide bonds. The molecule has 1 heterocycles. The highest BCUT2D eigenvalue weighted by Gasteiger charge is 2.27. The highest BCUT2D eigenvalue weighted by atomic mass is 32.1. The SMILES string of the molecule is CNCCC(O)(NC)c1cccs1. The van der Waals surface area contributed by atoms with Crippen LogP contribution >= 0.6 is 11.3 Å². The van der Waals surface area contributed by atoms with Crippen molar-refractivity contribution in [1.82, 2.24) is 10.6 Å². The molecule has 3 N–H and O–H groups in total. The van der Waals surface area contributed by atoms with E-state index in [9.17, 15) is 5.11 Å².